The van der Waals surface area contributed by atoms with Crippen LogP contribution in [0.5, 0.6) is 11.6 Å². The summed E-state index contributed by atoms with van der Waals surface area (Å²) in [7, 11) is -3.12. The number of ether oxygens (including phenoxy) is 3. The number of nitrogens with zero attached hydrogens (tertiary/aromatic N) is 4. The van der Waals surface area contributed by atoms with Gasteiger partial charge in [-0.15, -0.1) is 0 Å². The maximum absolute atomic E-state index is 16.1. The number of imidazole rings is 1. The molecule has 2 aromatic heterocycles. The Labute approximate surface area is 251 Å². The molecule has 2 unspecified atom stereocenters. The zero-order valence-corrected chi connectivity index (χ0v) is 25.0. The van der Waals surface area contributed by atoms with Gasteiger partial charge in [0.25, 0.3) is 0 Å². The van der Waals surface area contributed by atoms with Crippen LogP contribution < -0.4 is 20.1 Å². The van der Waals surface area contributed by atoms with Gasteiger partial charge in [0, 0.05) is 0 Å². The predicted octanol–water partition coefficient (Wildman–Crippen LogP) is 3.33. The topological polar surface area (TPSA) is 182 Å². The number of benzene rings is 2. The van der Waals surface area contributed by atoms with Crippen LogP contribution in [0.4, 0.5) is 10.3 Å². The monoisotopic (exact) mass is 630 g/mol. The normalized spacial score (nSPS) is 23.6. The van der Waals surface area contributed by atoms with Crippen LogP contribution in [0, 0.1) is 0 Å². The zero-order chi connectivity index (χ0) is 31.5. The number of carbonyl (C=O) groups is 1. The van der Waals surface area contributed by atoms with E-state index in [2.05, 4.69) is 20.0 Å². The van der Waals surface area contributed by atoms with Crippen molar-refractivity contribution < 1.29 is 42.1 Å². The SMILES string of the molecule is COC(=O)C(C)NP(=O)(OC[C@H]1O[C@@H](n2cnc3c(OCc4ccccc4)nc(N)nc32)[C@](C)(F)[C@@H]1O)Oc1ccccc1. The molecule has 1 aliphatic heterocycles. The molecule has 0 radical (unpaired) electrons. The lowest BCUT2D eigenvalue weighted by molar-refractivity contribution is -0.142. The molecule has 1 aliphatic rings. The fourth-order valence-corrected chi connectivity index (χ4v) is 6.11. The van der Waals surface area contributed by atoms with Gasteiger partial charge in [-0.2, -0.15) is 15.1 Å². The zero-order valence-electron chi connectivity index (χ0n) is 24.1. The standard InChI is InChI=1S/C28H32FN6O8P/c1-17(25(37)39-3)34-44(38,43-19-12-8-5-9-13-19)41-15-20-22(36)28(2,29)26(42-20)35-16-31-21-23(35)32-27(30)33-24(21)40-14-18-10-6-4-7-11-18/h4-13,16-17,20,22,26,36H,14-15H2,1-3H3,(H,34,38)(H2,30,32,33)/t17?,20-,22-,26-,28-,44?/m1/s1. The van der Waals surface area contributed by atoms with E-state index in [9.17, 15) is 14.5 Å². The highest BCUT2D eigenvalue weighted by molar-refractivity contribution is 7.52. The second-order valence-corrected chi connectivity index (χ2v) is 11.9. The highest BCUT2D eigenvalue weighted by Crippen LogP contribution is 2.48. The summed E-state index contributed by atoms with van der Waals surface area (Å²) in [5, 5.41) is 13.4. The number of esters is 1. The van der Waals surface area contributed by atoms with Crippen LogP contribution in [0.25, 0.3) is 11.2 Å². The number of aromatic nitrogens is 4. The van der Waals surface area contributed by atoms with Crippen LogP contribution in [0.1, 0.15) is 25.6 Å². The van der Waals surface area contributed by atoms with Crippen LogP contribution in [-0.4, -0.2) is 68.2 Å². The second-order valence-electron chi connectivity index (χ2n) is 10.2. The van der Waals surface area contributed by atoms with Gasteiger partial charge >= 0.3 is 13.7 Å². The van der Waals surface area contributed by atoms with Gasteiger partial charge in [0.05, 0.1) is 20.0 Å². The van der Waals surface area contributed by atoms with E-state index in [-0.39, 0.29) is 35.3 Å². The molecule has 4 N–H and O–H groups in total. The number of carbonyl (C=O) groups excluding carboxylic acids is 1. The van der Waals surface area contributed by atoms with Crippen molar-refractivity contribution in [3.8, 4) is 11.6 Å². The second kappa shape index (κ2) is 12.8. The largest absolute Gasteiger partial charge is 0.471 e. The van der Waals surface area contributed by atoms with Gasteiger partial charge in [0.1, 0.15) is 30.6 Å². The number of anilines is 1. The number of hydrogen-bond acceptors (Lipinski definition) is 12. The molecule has 16 heteroatoms. The van der Waals surface area contributed by atoms with Gasteiger partial charge in [-0.25, -0.2) is 13.9 Å². The van der Waals surface area contributed by atoms with Crippen molar-refractivity contribution in [3.63, 3.8) is 0 Å². The Morgan fingerprint density at radius 2 is 1.89 bits per heavy atom. The Kier molecular flexibility index (Phi) is 9.13. The average molecular weight is 631 g/mol. The first-order chi connectivity index (χ1) is 21.0. The van der Waals surface area contributed by atoms with Gasteiger partial charge in [-0.3, -0.25) is 13.9 Å². The number of hydrogen-bond donors (Lipinski definition) is 3. The van der Waals surface area contributed by atoms with E-state index >= 15 is 4.39 Å². The molecule has 1 saturated heterocycles. The number of fused-ring (bicyclic) bond motifs is 1. The Morgan fingerprint density at radius 3 is 2.57 bits per heavy atom. The number of aliphatic hydroxyl groups is 1. The number of alkyl halides is 1. The first kappa shape index (κ1) is 31.3. The molecule has 2 aromatic carbocycles. The van der Waals surface area contributed by atoms with Crippen molar-refractivity contribution >= 4 is 30.8 Å². The smallest absolute Gasteiger partial charge is 0.459 e. The van der Waals surface area contributed by atoms with Gasteiger partial charge in [-0.05, 0) is 31.5 Å². The van der Waals surface area contributed by atoms with E-state index in [4.69, 9.17) is 29.0 Å². The van der Waals surface area contributed by atoms with Crippen molar-refractivity contribution in [1.82, 2.24) is 24.6 Å². The minimum atomic E-state index is -4.29. The quantitative estimate of drug-likeness (QED) is 0.153. The number of halogens is 1. The highest BCUT2D eigenvalue weighted by atomic mass is 31.2. The molecule has 3 heterocycles. The maximum Gasteiger partial charge on any atom is 0.459 e. The van der Waals surface area contributed by atoms with Crippen LogP contribution in [0.2, 0.25) is 0 Å². The van der Waals surface area contributed by atoms with Crippen molar-refractivity contribution in [2.75, 3.05) is 19.5 Å². The van der Waals surface area contributed by atoms with E-state index in [0.29, 0.717) is 0 Å². The fraction of sp³-hybridized carbons (Fsp3) is 0.357. The summed E-state index contributed by atoms with van der Waals surface area (Å²) in [5.74, 6) is -0.613. The van der Waals surface area contributed by atoms with Gasteiger partial charge in [0.2, 0.25) is 11.8 Å². The van der Waals surface area contributed by atoms with Crippen LogP contribution in [0.3, 0.4) is 0 Å². The first-order valence-corrected chi connectivity index (χ1v) is 15.1. The molecule has 44 heavy (non-hydrogen) atoms. The Balaban J connectivity index is 1.36. The van der Waals surface area contributed by atoms with Gasteiger partial charge < -0.3 is 29.6 Å². The Morgan fingerprint density at radius 1 is 1.20 bits per heavy atom. The molecule has 0 spiro atoms. The molecule has 0 amide bonds. The summed E-state index contributed by atoms with van der Waals surface area (Å²) < 4.78 is 58.7. The van der Waals surface area contributed by atoms with Gasteiger partial charge in [0.15, 0.2) is 23.1 Å². The van der Waals surface area contributed by atoms with Gasteiger partial charge in [-0.1, -0.05) is 48.5 Å². The number of methoxy groups -OCH3 is 1. The highest BCUT2D eigenvalue weighted by Gasteiger charge is 2.56. The maximum atomic E-state index is 16.1. The van der Waals surface area contributed by atoms with E-state index in [1.807, 2.05) is 30.3 Å². The lowest BCUT2D eigenvalue weighted by Gasteiger charge is -2.25. The number of rotatable bonds is 12. The minimum absolute atomic E-state index is 0.0823. The fourth-order valence-electron chi connectivity index (χ4n) is 4.60. The number of para-hydroxylation sites is 1. The number of nitrogens with two attached hydrogens (primary N) is 1. The van der Waals surface area contributed by atoms with Crippen molar-refractivity contribution in [2.24, 2.45) is 0 Å². The summed E-state index contributed by atoms with van der Waals surface area (Å²) in [4.78, 5) is 24.7. The summed E-state index contributed by atoms with van der Waals surface area (Å²) in [5.41, 5.74) is 4.72. The summed E-state index contributed by atoms with van der Waals surface area (Å²) >= 11 is 0. The Hall–Kier alpha value is -4.14. The van der Waals surface area contributed by atoms with E-state index in [1.165, 1.54) is 37.1 Å². The lowest BCUT2D eigenvalue weighted by atomic mass is 9.98. The predicted molar refractivity (Wildman–Crippen MR) is 155 cm³/mol. The molecule has 1 fully saturated rings. The summed E-state index contributed by atoms with van der Waals surface area (Å²) in [6.45, 7) is 2.13. The van der Waals surface area contributed by atoms with Crippen molar-refractivity contribution in [2.45, 2.75) is 50.6 Å². The number of aliphatic hydroxyl groups excluding tert-OH is 1. The number of nitrogens with one attached hydrogen (secondary N) is 1. The molecular formula is C28H32FN6O8P. The third-order valence-electron chi connectivity index (χ3n) is 6.88. The molecule has 0 aliphatic carbocycles. The molecule has 4 aromatic rings. The average Bonchev–Trinajstić information content (AvgIpc) is 3.52. The van der Waals surface area contributed by atoms with E-state index in [1.54, 1.807) is 18.2 Å². The van der Waals surface area contributed by atoms with Crippen molar-refractivity contribution in [1.29, 1.82) is 0 Å². The Bertz CT molecular complexity index is 1640. The van der Waals surface area contributed by atoms with Crippen LogP contribution in [-0.2, 0) is 30.0 Å². The molecule has 6 atom stereocenters. The molecule has 0 saturated carbocycles. The molecule has 5 rings (SSSR count). The van der Waals surface area contributed by atoms with Crippen LogP contribution >= 0.6 is 7.75 Å². The summed E-state index contributed by atoms with van der Waals surface area (Å²) in [6.07, 6.45) is -3.26. The molecule has 0 bridgehead atoms. The third kappa shape index (κ3) is 6.66. The van der Waals surface area contributed by atoms with Crippen molar-refractivity contribution in [3.05, 3.63) is 72.6 Å². The minimum Gasteiger partial charge on any atom is -0.471 e. The molecular weight excluding hydrogens is 598 g/mol. The molecule has 14 nitrogen and oxygen atoms in total. The van der Waals surface area contributed by atoms with Crippen LogP contribution in [0.15, 0.2) is 67.0 Å². The number of nitrogen functional groups attached to an aromatic ring is 1. The third-order valence-corrected chi connectivity index (χ3v) is 8.52. The summed E-state index contributed by atoms with van der Waals surface area (Å²) in [6, 6.07) is 16.4. The van der Waals surface area contributed by atoms with E-state index in [0.717, 1.165) is 12.5 Å². The molecule has 234 valence electrons. The lowest BCUT2D eigenvalue weighted by Crippen LogP contribution is -2.41. The van der Waals surface area contributed by atoms with E-state index < -0.39 is 50.5 Å². The first-order valence-electron chi connectivity index (χ1n) is 13.5.